The van der Waals surface area contributed by atoms with Crippen molar-refractivity contribution in [1.29, 1.82) is 0 Å². The van der Waals surface area contributed by atoms with Crippen molar-refractivity contribution in [3.63, 3.8) is 0 Å². The highest BCUT2D eigenvalue weighted by Crippen LogP contribution is 2.22. The van der Waals surface area contributed by atoms with Crippen LogP contribution in [0.2, 0.25) is 0 Å². The second-order valence-electron chi connectivity index (χ2n) is 3.55. The van der Waals surface area contributed by atoms with Gasteiger partial charge in [-0.2, -0.15) is 0 Å². The third-order valence-electron chi connectivity index (χ3n) is 2.23. The average Bonchev–Trinajstić information content (AvgIpc) is 2.28. The predicted molar refractivity (Wildman–Crippen MR) is 66.0 cm³/mol. The quantitative estimate of drug-likeness (QED) is 0.554. The van der Waals surface area contributed by atoms with E-state index in [2.05, 4.69) is 15.9 Å². The number of alkyl halides is 1. The van der Waals surface area contributed by atoms with E-state index in [1.807, 2.05) is 0 Å². The molecule has 92 valence electrons. The number of carboxylic acid groups (broad SMARTS) is 1. The van der Waals surface area contributed by atoms with E-state index >= 15 is 0 Å². The minimum Gasteiger partial charge on any atom is -0.479 e. The summed E-state index contributed by atoms with van der Waals surface area (Å²) < 4.78 is 0. The van der Waals surface area contributed by atoms with E-state index in [1.54, 1.807) is 0 Å². The standard InChI is InChI=1S/C11H12BrNO4/c12-5-8(14)4-6-3-7(13)1-2-9(6)10(15)11(16)17/h1-3,10,15H,4-5,13H2,(H,16,17). The maximum Gasteiger partial charge on any atom is 0.337 e. The number of hydrogen-bond acceptors (Lipinski definition) is 4. The van der Waals surface area contributed by atoms with Gasteiger partial charge in [-0.1, -0.05) is 22.0 Å². The number of aliphatic carboxylic acids is 1. The van der Waals surface area contributed by atoms with Gasteiger partial charge in [-0.25, -0.2) is 4.79 Å². The van der Waals surface area contributed by atoms with E-state index in [0.717, 1.165) is 0 Å². The molecule has 0 spiro atoms. The van der Waals surface area contributed by atoms with Crippen molar-refractivity contribution in [1.82, 2.24) is 0 Å². The van der Waals surface area contributed by atoms with Crippen LogP contribution in [0, 0.1) is 0 Å². The van der Waals surface area contributed by atoms with Crippen LogP contribution in [0.15, 0.2) is 18.2 Å². The Kier molecular flexibility index (Phi) is 4.65. The number of nitrogens with two attached hydrogens (primary N) is 1. The molecule has 1 aromatic rings. The third kappa shape index (κ3) is 3.54. The highest BCUT2D eigenvalue weighted by molar-refractivity contribution is 9.09. The number of Topliss-reactive ketones (excluding diaryl/α,β-unsaturated/α-hetero) is 1. The first-order valence-electron chi connectivity index (χ1n) is 4.82. The first-order chi connectivity index (χ1) is 7.95. The molecule has 0 heterocycles. The lowest BCUT2D eigenvalue weighted by atomic mass is 9.98. The van der Waals surface area contributed by atoms with Gasteiger partial charge in [0, 0.05) is 12.1 Å². The number of carbonyl (C=O) groups is 2. The van der Waals surface area contributed by atoms with Crippen LogP contribution in [-0.2, 0) is 16.0 Å². The van der Waals surface area contributed by atoms with E-state index in [-0.39, 0.29) is 23.1 Å². The number of anilines is 1. The molecule has 6 heteroatoms. The Balaban J connectivity index is 3.11. The molecular weight excluding hydrogens is 290 g/mol. The normalized spacial score (nSPS) is 12.1. The highest BCUT2D eigenvalue weighted by atomic mass is 79.9. The van der Waals surface area contributed by atoms with E-state index in [0.29, 0.717) is 11.3 Å². The molecule has 0 saturated heterocycles. The first-order valence-corrected chi connectivity index (χ1v) is 5.94. The zero-order valence-electron chi connectivity index (χ0n) is 8.89. The van der Waals surface area contributed by atoms with E-state index < -0.39 is 12.1 Å². The van der Waals surface area contributed by atoms with Gasteiger partial charge in [0.05, 0.1) is 5.33 Å². The Morgan fingerprint density at radius 3 is 2.59 bits per heavy atom. The summed E-state index contributed by atoms with van der Waals surface area (Å²) in [5, 5.41) is 18.4. The van der Waals surface area contributed by atoms with Crippen LogP contribution in [0.1, 0.15) is 17.2 Å². The van der Waals surface area contributed by atoms with Gasteiger partial charge in [0.2, 0.25) is 0 Å². The molecule has 0 aliphatic rings. The van der Waals surface area contributed by atoms with Gasteiger partial charge in [0.25, 0.3) is 0 Å². The van der Waals surface area contributed by atoms with Crippen LogP contribution in [0.3, 0.4) is 0 Å². The number of nitrogen functional groups attached to an aromatic ring is 1. The molecule has 0 bridgehead atoms. The number of carbonyl (C=O) groups excluding carboxylic acids is 1. The summed E-state index contributed by atoms with van der Waals surface area (Å²) in [6.07, 6.45) is -1.61. The number of rotatable bonds is 5. The number of aliphatic hydroxyl groups excluding tert-OH is 1. The summed E-state index contributed by atoms with van der Waals surface area (Å²) in [7, 11) is 0. The lowest BCUT2D eigenvalue weighted by molar-refractivity contribution is -0.147. The van der Waals surface area contributed by atoms with Gasteiger partial charge in [0.15, 0.2) is 6.10 Å². The van der Waals surface area contributed by atoms with Crippen LogP contribution >= 0.6 is 15.9 Å². The van der Waals surface area contributed by atoms with Gasteiger partial charge in [0.1, 0.15) is 5.78 Å². The fraction of sp³-hybridized carbons (Fsp3) is 0.273. The molecule has 1 atom stereocenters. The molecule has 1 aromatic carbocycles. The molecule has 0 aliphatic heterocycles. The first kappa shape index (κ1) is 13.7. The minimum absolute atomic E-state index is 0.0377. The van der Waals surface area contributed by atoms with Crippen molar-refractivity contribution in [2.45, 2.75) is 12.5 Å². The molecule has 0 aromatic heterocycles. The Labute approximate surface area is 106 Å². The lowest BCUT2D eigenvalue weighted by Crippen LogP contribution is -2.15. The SMILES string of the molecule is Nc1ccc(C(O)C(=O)O)c(CC(=O)CBr)c1. The van der Waals surface area contributed by atoms with Crippen molar-refractivity contribution < 1.29 is 19.8 Å². The molecule has 5 nitrogen and oxygen atoms in total. The molecule has 0 fully saturated rings. The number of carboxylic acids is 1. The topological polar surface area (TPSA) is 101 Å². The van der Waals surface area contributed by atoms with Crippen LogP contribution < -0.4 is 5.73 Å². The monoisotopic (exact) mass is 301 g/mol. The number of hydrogen-bond donors (Lipinski definition) is 3. The van der Waals surface area contributed by atoms with Crippen LogP contribution in [0.25, 0.3) is 0 Å². The summed E-state index contributed by atoms with van der Waals surface area (Å²) >= 11 is 3.02. The number of benzene rings is 1. The fourth-order valence-corrected chi connectivity index (χ4v) is 1.64. The average molecular weight is 302 g/mol. The Morgan fingerprint density at radius 1 is 1.41 bits per heavy atom. The zero-order valence-corrected chi connectivity index (χ0v) is 10.5. The van der Waals surface area contributed by atoms with Gasteiger partial charge in [-0.15, -0.1) is 0 Å². The van der Waals surface area contributed by atoms with Crippen molar-refractivity contribution in [3.05, 3.63) is 29.3 Å². The van der Waals surface area contributed by atoms with Crippen molar-refractivity contribution in [2.24, 2.45) is 0 Å². The summed E-state index contributed by atoms with van der Waals surface area (Å²) in [5.41, 5.74) is 6.62. The van der Waals surface area contributed by atoms with Crippen molar-refractivity contribution in [2.75, 3.05) is 11.1 Å². The van der Waals surface area contributed by atoms with Crippen LogP contribution in [-0.4, -0.2) is 27.3 Å². The molecular formula is C11H12BrNO4. The Bertz CT molecular complexity index is 447. The second-order valence-corrected chi connectivity index (χ2v) is 4.11. The molecule has 1 rings (SSSR count). The number of aliphatic hydroxyl groups is 1. The number of ketones is 1. The van der Waals surface area contributed by atoms with E-state index in [4.69, 9.17) is 10.8 Å². The second kappa shape index (κ2) is 5.79. The summed E-state index contributed by atoms with van der Waals surface area (Å²) in [6, 6.07) is 4.41. The van der Waals surface area contributed by atoms with E-state index in [1.165, 1.54) is 18.2 Å². The maximum absolute atomic E-state index is 11.3. The molecule has 1 unspecified atom stereocenters. The van der Waals surface area contributed by atoms with Crippen LogP contribution in [0.5, 0.6) is 0 Å². The zero-order chi connectivity index (χ0) is 13.0. The predicted octanol–water partition coefficient (Wildman–Crippen LogP) is 0.893. The Morgan fingerprint density at radius 2 is 2.06 bits per heavy atom. The highest BCUT2D eigenvalue weighted by Gasteiger charge is 2.20. The molecule has 17 heavy (non-hydrogen) atoms. The smallest absolute Gasteiger partial charge is 0.337 e. The maximum atomic E-state index is 11.3. The van der Waals surface area contributed by atoms with Gasteiger partial charge in [-0.3, -0.25) is 4.79 Å². The minimum atomic E-state index is -1.64. The largest absolute Gasteiger partial charge is 0.479 e. The third-order valence-corrected chi connectivity index (χ3v) is 2.86. The van der Waals surface area contributed by atoms with Crippen molar-refractivity contribution >= 4 is 33.4 Å². The van der Waals surface area contributed by atoms with Crippen molar-refractivity contribution in [3.8, 4) is 0 Å². The summed E-state index contributed by atoms with van der Waals surface area (Å²) in [5.74, 6) is -1.48. The van der Waals surface area contributed by atoms with Crippen LogP contribution in [0.4, 0.5) is 5.69 Å². The van der Waals surface area contributed by atoms with Gasteiger partial charge >= 0.3 is 5.97 Å². The summed E-state index contributed by atoms with van der Waals surface area (Å²) in [4.78, 5) is 22.0. The fourth-order valence-electron chi connectivity index (χ4n) is 1.44. The molecule has 4 N–H and O–H groups in total. The summed E-state index contributed by atoms with van der Waals surface area (Å²) in [6.45, 7) is 0. The molecule has 0 aliphatic carbocycles. The van der Waals surface area contributed by atoms with Gasteiger partial charge < -0.3 is 15.9 Å². The van der Waals surface area contributed by atoms with Gasteiger partial charge in [-0.05, 0) is 23.3 Å². The molecule has 0 saturated carbocycles. The lowest BCUT2D eigenvalue weighted by Gasteiger charge is -2.12. The number of halogens is 1. The van der Waals surface area contributed by atoms with E-state index in [9.17, 15) is 14.7 Å². The molecule has 0 radical (unpaired) electrons. The molecule has 0 amide bonds. The Hall–Kier alpha value is -1.40.